The van der Waals surface area contributed by atoms with Gasteiger partial charge in [-0.2, -0.15) is 0 Å². The van der Waals surface area contributed by atoms with Crippen LogP contribution < -0.4 is 5.32 Å². The fraction of sp³-hybridized carbons (Fsp3) is 0.526. The molecule has 1 N–H and O–H groups in total. The minimum Gasteiger partial charge on any atom is -0.457 e. The molecule has 2 fully saturated rings. The van der Waals surface area contributed by atoms with Gasteiger partial charge in [-0.25, -0.2) is 0 Å². The number of rotatable bonds is 4. The molecule has 2 aliphatic rings. The van der Waals surface area contributed by atoms with Gasteiger partial charge in [0.25, 0.3) is 0 Å². The standard InChI is InChI=1S/C19H23NO8/c1-10(21)20-15-17(25-11(2)22)16-14(27-19(15)26-12(3)23)9-24-18(28-16)13-7-5-4-6-8-13/h4-8,14-19H,9H2,1-3H3,(H,20,21)/t14?,15?,16-,17+,18?,19?/m1/s1. The highest BCUT2D eigenvalue weighted by Gasteiger charge is 2.53. The molecule has 9 heteroatoms. The summed E-state index contributed by atoms with van der Waals surface area (Å²) in [5.74, 6) is -1.55. The number of nitrogens with one attached hydrogen (secondary N) is 1. The van der Waals surface area contributed by atoms with Gasteiger partial charge in [-0.1, -0.05) is 30.3 Å². The summed E-state index contributed by atoms with van der Waals surface area (Å²) >= 11 is 0. The quantitative estimate of drug-likeness (QED) is 0.749. The fourth-order valence-electron chi connectivity index (χ4n) is 3.34. The van der Waals surface area contributed by atoms with Crippen LogP contribution in [0.5, 0.6) is 0 Å². The molecule has 0 aromatic heterocycles. The van der Waals surface area contributed by atoms with Gasteiger partial charge in [0.15, 0.2) is 12.4 Å². The van der Waals surface area contributed by atoms with E-state index in [1.54, 1.807) is 0 Å². The Balaban J connectivity index is 1.88. The van der Waals surface area contributed by atoms with Crippen molar-refractivity contribution in [1.82, 2.24) is 5.32 Å². The highest BCUT2D eigenvalue weighted by molar-refractivity contribution is 5.73. The summed E-state index contributed by atoms with van der Waals surface area (Å²) < 4.78 is 28.3. The maximum atomic E-state index is 11.7. The summed E-state index contributed by atoms with van der Waals surface area (Å²) in [6.45, 7) is 3.91. The Morgan fingerprint density at radius 3 is 2.29 bits per heavy atom. The van der Waals surface area contributed by atoms with Crippen molar-refractivity contribution in [2.75, 3.05) is 6.61 Å². The normalized spacial score (nSPS) is 32.0. The van der Waals surface area contributed by atoms with Crippen molar-refractivity contribution in [1.29, 1.82) is 0 Å². The lowest BCUT2D eigenvalue weighted by molar-refractivity contribution is -0.339. The molecule has 0 aliphatic carbocycles. The van der Waals surface area contributed by atoms with Crippen molar-refractivity contribution in [2.24, 2.45) is 0 Å². The van der Waals surface area contributed by atoms with Crippen molar-refractivity contribution >= 4 is 17.8 Å². The smallest absolute Gasteiger partial charge is 0.305 e. The van der Waals surface area contributed by atoms with Crippen molar-refractivity contribution < 1.29 is 38.1 Å². The van der Waals surface area contributed by atoms with Gasteiger partial charge in [-0.05, 0) is 0 Å². The van der Waals surface area contributed by atoms with Crippen LogP contribution >= 0.6 is 0 Å². The SMILES string of the molecule is CC(=O)NC1C(OC(C)=O)OC2COC(c3ccccc3)O[C@H]2[C@H]1OC(C)=O. The zero-order valence-electron chi connectivity index (χ0n) is 15.8. The van der Waals surface area contributed by atoms with Gasteiger partial charge in [0, 0.05) is 26.3 Å². The van der Waals surface area contributed by atoms with Gasteiger partial charge >= 0.3 is 11.9 Å². The Morgan fingerprint density at radius 2 is 1.68 bits per heavy atom. The van der Waals surface area contributed by atoms with Crippen LogP contribution in [0, 0.1) is 0 Å². The predicted molar refractivity (Wildman–Crippen MR) is 93.6 cm³/mol. The van der Waals surface area contributed by atoms with Crippen molar-refractivity contribution in [3.63, 3.8) is 0 Å². The van der Waals surface area contributed by atoms with E-state index in [-0.39, 0.29) is 6.61 Å². The van der Waals surface area contributed by atoms with Crippen LogP contribution in [0.4, 0.5) is 0 Å². The molecule has 2 aliphatic heterocycles. The van der Waals surface area contributed by atoms with E-state index < -0.39 is 54.8 Å². The van der Waals surface area contributed by atoms with Crippen LogP contribution in [0.3, 0.4) is 0 Å². The van der Waals surface area contributed by atoms with E-state index in [0.717, 1.165) is 5.56 Å². The Labute approximate surface area is 162 Å². The Hall–Kier alpha value is -2.49. The molecule has 1 aromatic rings. The Bertz CT molecular complexity index is 724. The molecular weight excluding hydrogens is 370 g/mol. The minimum atomic E-state index is -1.15. The van der Waals surface area contributed by atoms with E-state index in [9.17, 15) is 14.4 Å². The second kappa shape index (κ2) is 8.68. The first kappa shape index (κ1) is 20.2. The molecule has 28 heavy (non-hydrogen) atoms. The summed E-state index contributed by atoms with van der Waals surface area (Å²) in [5, 5.41) is 2.64. The molecule has 2 heterocycles. The molecule has 0 radical (unpaired) electrons. The topological polar surface area (TPSA) is 109 Å². The average molecular weight is 393 g/mol. The highest BCUT2D eigenvalue weighted by Crippen LogP contribution is 2.35. The van der Waals surface area contributed by atoms with Crippen molar-refractivity contribution in [2.45, 2.75) is 57.7 Å². The number of hydrogen-bond acceptors (Lipinski definition) is 8. The molecule has 3 rings (SSSR count). The molecular formula is C19H23NO8. The molecule has 152 valence electrons. The largest absolute Gasteiger partial charge is 0.457 e. The lowest BCUT2D eigenvalue weighted by Gasteiger charge is -2.48. The maximum Gasteiger partial charge on any atom is 0.305 e. The summed E-state index contributed by atoms with van der Waals surface area (Å²) in [7, 11) is 0. The second-order valence-corrected chi connectivity index (χ2v) is 6.63. The number of amides is 1. The zero-order valence-corrected chi connectivity index (χ0v) is 15.8. The van der Waals surface area contributed by atoms with Crippen LogP contribution in [0.25, 0.3) is 0 Å². The van der Waals surface area contributed by atoms with Gasteiger partial charge in [0.05, 0.1) is 6.61 Å². The van der Waals surface area contributed by atoms with Gasteiger partial charge in [0.1, 0.15) is 18.2 Å². The molecule has 2 saturated heterocycles. The van der Waals surface area contributed by atoms with Crippen molar-refractivity contribution in [3.05, 3.63) is 35.9 Å². The first-order valence-corrected chi connectivity index (χ1v) is 8.94. The zero-order chi connectivity index (χ0) is 20.3. The highest BCUT2D eigenvalue weighted by atomic mass is 16.8. The van der Waals surface area contributed by atoms with Gasteiger partial charge < -0.3 is 29.0 Å². The third-order valence-corrected chi connectivity index (χ3v) is 4.36. The second-order valence-electron chi connectivity index (χ2n) is 6.63. The van der Waals surface area contributed by atoms with Gasteiger partial charge in [0.2, 0.25) is 12.2 Å². The summed E-state index contributed by atoms with van der Waals surface area (Å²) in [5.41, 5.74) is 0.792. The average Bonchev–Trinajstić information content (AvgIpc) is 2.64. The fourth-order valence-corrected chi connectivity index (χ4v) is 3.34. The Kier molecular flexibility index (Phi) is 6.28. The molecule has 4 unspecified atom stereocenters. The number of carbonyl (C=O) groups is 3. The predicted octanol–water partition coefficient (Wildman–Crippen LogP) is 0.825. The van der Waals surface area contributed by atoms with E-state index in [2.05, 4.69) is 5.32 Å². The number of carbonyl (C=O) groups excluding carboxylic acids is 3. The monoisotopic (exact) mass is 393 g/mol. The number of esters is 2. The summed E-state index contributed by atoms with van der Waals surface area (Å²) in [4.78, 5) is 34.9. The van der Waals surface area contributed by atoms with Crippen LogP contribution in [-0.2, 0) is 38.1 Å². The van der Waals surface area contributed by atoms with Crippen LogP contribution in [-0.4, -0.2) is 55.1 Å². The van der Waals surface area contributed by atoms with E-state index >= 15 is 0 Å². The molecule has 6 atom stereocenters. The number of benzene rings is 1. The summed E-state index contributed by atoms with van der Waals surface area (Å²) in [6.07, 6.45) is -4.15. The maximum absolute atomic E-state index is 11.7. The Morgan fingerprint density at radius 1 is 1.00 bits per heavy atom. The van der Waals surface area contributed by atoms with E-state index in [1.807, 2.05) is 30.3 Å². The number of hydrogen-bond donors (Lipinski definition) is 1. The minimum absolute atomic E-state index is 0.131. The van der Waals surface area contributed by atoms with Crippen LogP contribution in [0.1, 0.15) is 32.6 Å². The van der Waals surface area contributed by atoms with E-state index in [1.165, 1.54) is 20.8 Å². The van der Waals surface area contributed by atoms with E-state index in [0.29, 0.717) is 0 Å². The number of ether oxygens (including phenoxy) is 5. The van der Waals surface area contributed by atoms with Crippen molar-refractivity contribution in [3.8, 4) is 0 Å². The first-order chi connectivity index (χ1) is 13.3. The molecule has 0 bridgehead atoms. The summed E-state index contributed by atoms with van der Waals surface area (Å²) in [6, 6.07) is 8.35. The molecule has 0 saturated carbocycles. The molecule has 1 aromatic carbocycles. The lowest BCUT2D eigenvalue weighted by Crippen LogP contribution is -2.67. The molecule has 0 spiro atoms. The van der Waals surface area contributed by atoms with Crippen LogP contribution in [0.2, 0.25) is 0 Å². The van der Waals surface area contributed by atoms with Gasteiger partial charge in [-0.3, -0.25) is 14.4 Å². The third-order valence-electron chi connectivity index (χ3n) is 4.36. The third kappa shape index (κ3) is 4.67. The van der Waals surface area contributed by atoms with E-state index in [4.69, 9.17) is 23.7 Å². The lowest BCUT2D eigenvalue weighted by atomic mass is 9.95. The van der Waals surface area contributed by atoms with Gasteiger partial charge in [-0.15, -0.1) is 0 Å². The number of fused-ring (bicyclic) bond motifs is 1. The van der Waals surface area contributed by atoms with Crippen LogP contribution in [0.15, 0.2) is 30.3 Å². The first-order valence-electron chi connectivity index (χ1n) is 8.94. The molecule has 1 amide bonds. The molecule has 9 nitrogen and oxygen atoms in total.